The summed E-state index contributed by atoms with van der Waals surface area (Å²) >= 11 is 0. The average Bonchev–Trinajstić information content (AvgIpc) is 2.49. The second kappa shape index (κ2) is 5.19. The highest BCUT2D eigenvalue weighted by Gasteiger charge is 2.56. The molecule has 0 saturated heterocycles. The molecule has 0 bridgehead atoms. The van der Waals surface area contributed by atoms with Gasteiger partial charge in [0.1, 0.15) is 17.6 Å². The summed E-state index contributed by atoms with van der Waals surface area (Å²) in [6.45, 7) is 4.09. The molecular weight excluding hydrogens is 250 g/mol. The minimum atomic E-state index is -0.172. The van der Waals surface area contributed by atoms with Gasteiger partial charge in [0.25, 0.3) is 0 Å². The van der Waals surface area contributed by atoms with Crippen LogP contribution in [0, 0.1) is 12.3 Å². The van der Waals surface area contributed by atoms with Gasteiger partial charge in [0, 0.05) is 12.1 Å². The number of carbonyl (C=O) groups is 1. The molecule has 1 spiro atoms. The number of aromatic nitrogens is 1. The van der Waals surface area contributed by atoms with Crippen molar-refractivity contribution in [2.75, 3.05) is 0 Å². The molecule has 3 nitrogen and oxygen atoms in total. The van der Waals surface area contributed by atoms with Gasteiger partial charge in [0.15, 0.2) is 0 Å². The Kier molecular flexibility index (Phi) is 3.53. The molecule has 0 aromatic carbocycles. The molecule has 0 amide bonds. The molecule has 0 radical (unpaired) electrons. The van der Waals surface area contributed by atoms with Crippen LogP contribution in [0.4, 0.5) is 0 Å². The van der Waals surface area contributed by atoms with E-state index < -0.39 is 0 Å². The van der Waals surface area contributed by atoms with E-state index in [1.54, 1.807) is 0 Å². The molecule has 20 heavy (non-hydrogen) atoms. The minimum absolute atomic E-state index is 0.0742. The smallest absolute Gasteiger partial charge is 0.146 e. The molecule has 0 N–H and O–H groups in total. The Morgan fingerprint density at radius 1 is 1.30 bits per heavy atom. The first-order valence-corrected chi connectivity index (χ1v) is 7.82. The molecule has 2 aliphatic carbocycles. The van der Waals surface area contributed by atoms with Crippen molar-refractivity contribution in [1.29, 1.82) is 0 Å². The van der Waals surface area contributed by atoms with Crippen LogP contribution in [0.25, 0.3) is 0 Å². The molecule has 1 unspecified atom stereocenters. The van der Waals surface area contributed by atoms with Crippen molar-refractivity contribution in [3.05, 3.63) is 23.5 Å². The quantitative estimate of drug-likeness (QED) is 0.844. The minimum Gasteiger partial charge on any atom is -0.487 e. The van der Waals surface area contributed by atoms with Crippen molar-refractivity contribution in [3.63, 3.8) is 0 Å². The molecule has 2 saturated carbocycles. The SMILES string of the molecule is CCc1nc(C)ccc1OC1CC(=O)C12CCCCC2. The lowest BCUT2D eigenvalue weighted by atomic mass is 9.57. The van der Waals surface area contributed by atoms with Crippen LogP contribution in [-0.2, 0) is 11.2 Å². The highest BCUT2D eigenvalue weighted by atomic mass is 16.5. The lowest BCUT2D eigenvalue weighted by molar-refractivity contribution is -0.156. The predicted octanol–water partition coefficient (Wildman–Crippen LogP) is 3.62. The third-order valence-electron chi connectivity index (χ3n) is 4.96. The Morgan fingerprint density at radius 3 is 2.70 bits per heavy atom. The summed E-state index contributed by atoms with van der Waals surface area (Å²) < 4.78 is 6.21. The molecular formula is C17H23NO2. The zero-order valence-corrected chi connectivity index (χ0v) is 12.4. The van der Waals surface area contributed by atoms with Crippen LogP contribution in [0.2, 0.25) is 0 Å². The van der Waals surface area contributed by atoms with Gasteiger partial charge in [-0.3, -0.25) is 9.78 Å². The van der Waals surface area contributed by atoms with E-state index in [1.807, 2.05) is 19.1 Å². The summed E-state index contributed by atoms with van der Waals surface area (Å²) in [5, 5.41) is 0. The number of nitrogens with zero attached hydrogens (tertiary/aromatic N) is 1. The fourth-order valence-corrected chi connectivity index (χ4v) is 3.67. The van der Waals surface area contributed by atoms with E-state index in [0.29, 0.717) is 12.2 Å². The molecule has 1 heterocycles. The van der Waals surface area contributed by atoms with Crippen LogP contribution < -0.4 is 4.74 Å². The number of hydrogen-bond acceptors (Lipinski definition) is 3. The first kappa shape index (κ1) is 13.6. The summed E-state index contributed by atoms with van der Waals surface area (Å²) in [7, 11) is 0. The maximum Gasteiger partial charge on any atom is 0.146 e. The molecule has 2 fully saturated rings. The zero-order valence-electron chi connectivity index (χ0n) is 12.4. The molecule has 0 aliphatic heterocycles. The Hall–Kier alpha value is -1.38. The van der Waals surface area contributed by atoms with Gasteiger partial charge < -0.3 is 4.74 Å². The fourth-order valence-electron chi connectivity index (χ4n) is 3.67. The maximum absolute atomic E-state index is 12.1. The summed E-state index contributed by atoms with van der Waals surface area (Å²) in [6, 6.07) is 4.00. The lowest BCUT2D eigenvalue weighted by Crippen LogP contribution is -2.57. The Bertz CT molecular complexity index is 518. The van der Waals surface area contributed by atoms with E-state index in [-0.39, 0.29) is 11.5 Å². The van der Waals surface area contributed by atoms with Gasteiger partial charge in [-0.1, -0.05) is 26.2 Å². The monoisotopic (exact) mass is 273 g/mol. The van der Waals surface area contributed by atoms with Crippen molar-refractivity contribution < 1.29 is 9.53 Å². The van der Waals surface area contributed by atoms with Crippen molar-refractivity contribution >= 4 is 5.78 Å². The van der Waals surface area contributed by atoms with Crippen LogP contribution in [0.1, 0.15) is 56.8 Å². The number of Topliss-reactive ketones (excluding diaryl/α,β-unsaturated/α-hetero) is 1. The summed E-state index contributed by atoms with van der Waals surface area (Å²) in [5.41, 5.74) is 1.86. The summed E-state index contributed by atoms with van der Waals surface area (Å²) in [6.07, 6.45) is 7.13. The first-order valence-electron chi connectivity index (χ1n) is 7.82. The average molecular weight is 273 g/mol. The van der Waals surface area contributed by atoms with Crippen molar-refractivity contribution in [2.24, 2.45) is 5.41 Å². The number of aryl methyl sites for hydroxylation is 2. The molecule has 1 atom stereocenters. The standard InChI is InChI=1S/C17H23NO2/c1-3-13-14(8-7-12(2)18-13)20-16-11-15(19)17(16)9-5-4-6-10-17/h7-8,16H,3-6,9-11H2,1-2H3. The Balaban J connectivity index is 1.79. The van der Waals surface area contributed by atoms with Crippen LogP contribution in [-0.4, -0.2) is 16.9 Å². The normalized spacial score (nSPS) is 24.5. The van der Waals surface area contributed by atoms with Gasteiger partial charge in [-0.25, -0.2) is 0 Å². The first-order chi connectivity index (χ1) is 9.65. The van der Waals surface area contributed by atoms with Gasteiger partial charge in [-0.15, -0.1) is 0 Å². The third kappa shape index (κ3) is 2.13. The number of carbonyl (C=O) groups excluding carboxylic acids is 1. The third-order valence-corrected chi connectivity index (χ3v) is 4.96. The largest absolute Gasteiger partial charge is 0.487 e. The van der Waals surface area contributed by atoms with Gasteiger partial charge in [-0.05, 0) is 38.3 Å². The van der Waals surface area contributed by atoms with Crippen LogP contribution in [0.15, 0.2) is 12.1 Å². The van der Waals surface area contributed by atoms with Crippen LogP contribution in [0.5, 0.6) is 5.75 Å². The second-order valence-corrected chi connectivity index (χ2v) is 6.20. The van der Waals surface area contributed by atoms with E-state index in [9.17, 15) is 4.79 Å². The maximum atomic E-state index is 12.1. The van der Waals surface area contributed by atoms with Crippen molar-refractivity contribution in [3.8, 4) is 5.75 Å². The second-order valence-electron chi connectivity index (χ2n) is 6.20. The molecule has 3 heteroatoms. The van der Waals surface area contributed by atoms with Crippen molar-refractivity contribution in [1.82, 2.24) is 4.98 Å². The number of ketones is 1. The zero-order chi connectivity index (χ0) is 14.2. The molecule has 3 rings (SSSR count). The molecule has 108 valence electrons. The number of rotatable bonds is 3. The predicted molar refractivity (Wildman–Crippen MR) is 77.9 cm³/mol. The topological polar surface area (TPSA) is 39.2 Å². The number of pyridine rings is 1. The molecule has 1 aromatic heterocycles. The summed E-state index contributed by atoms with van der Waals surface area (Å²) in [5.74, 6) is 1.29. The fraction of sp³-hybridized carbons (Fsp3) is 0.647. The Morgan fingerprint density at radius 2 is 2.05 bits per heavy atom. The lowest BCUT2D eigenvalue weighted by Gasteiger charge is -2.49. The van der Waals surface area contributed by atoms with E-state index in [2.05, 4.69) is 11.9 Å². The highest BCUT2D eigenvalue weighted by molar-refractivity contribution is 5.92. The van der Waals surface area contributed by atoms with Crippen molar-refractivity contribution in [2.45, 2.75) is 64.9 Å². The van der Waals surface area contributed by atoms with Gasteiger partial charge >= 0.3 is 0 Å². The number of ether oxygens (including phenoxy) is 1. The van der Waals surface area contributed by atoms with Gasteiger partial charge in [-0.2, -0.15) is 0 Å². The highest BCUT2D eigenvalue weighted by Crippen LogP contribution is 2.50. The van der Waals surface area contributed by atoms with Gasteiger partial charge in [0.05, 0.1) is 11.1 Å². The van der Waals surface area contributed by atoms with Crippen LogP contribution >= 0.6 is 0 Å². The van der Waals surface area contributed by atoms with Crippen LogP contribution in [0.3, 0.4) is 0 Å². The Labute approximate surface area is 120 Å². The van der Waals surface area contributed by atoms with E-state index >= 15 is 0 Å². The van der Waals surface area contributed by atoms with Gasteiger partial charge in [0.2, 0.25) is 0 Å². The van der Waals surface area contributed by atoms with E-state index in [0.717, 1.165) is 36.4 Å². The van der Waals surface area contributed by atoms with E-state index in [1.165, 1.54) is 19.3 Å². The summed E-state index contributed by atoms with van der Waals surface area (Å²) in [4.78, 5) is 16.7. The molecule has 1 aromatic rings. The van der Waals surface area contributed by atoms with E-state index in [4.69, 9.17) is 4.74 Å². The number of hydrogen-bond donors (Lipinski definition) is 0. The molecule has 2 aliphatic rings.